The van der Waals surface area contributed by atoms with Crippen LogP contribution in [0.5, 0.6) is 0 Å². The van der Waals surface area contributed by atoms with Crippen molar-refractivity contribution in [1.29, 1.82) is 0 Å². The molecule has 100 valence electrons. The average Bonchev–Trinajstić information content (AvgIpc) is 2.77. The smallest absolute Gasteiger partial charge is 0.250 e. The van der Waals surface area contributed by atoms with Crippen LogP contribution in [0.1, 0.15) is 38.0 Å². The third kappa shape index (κ3) is 3.50. The van der Waals surface area contributed by atoms with Crippen LogP contribution in [0.2, 0.25) is 0 Å². The molecular weight excluding hydrogens is 238 g/mol. The minimum absolute atomic E-state index is 0.0944. The molecular formula is C14H18F2O2. The SMILES string of the molecule is CCCC(F)(F)CC1COC(c2ccccc2)O1. The second-order valence-corrected chi connectivity index (χ2v) is 4.64. The topological polar surface area (TPSA) is 18.5 Å². The number of ether oxygens (including phenoxy) is 2. The van der Waals surface area contributed by atoms with Gasteiger partial charge in [0, 0.05) is 18.4 Å². The predicted octanol–water partition coefficient (Wildman–Crippen LogP) is 3.93. The van der Waals surface area contributed by atoms with E-state index in [-0.39, 0.29) is 19.4 Å². The van der Waals surface area contributed by atoms with E-state index >= 15 is 0 Å². The molecule has 18 heavy (non-hydrogen) atoms. The van der Waals surface area contributed by atoms with Gasteiger partial charge in [0.15, 0.2) is 6.29 Å². The standard InChI is InChI=1S/C14H18F2O2/c1-2-8-14(15,16)9-12-10-17-13(18-12)11-6-4-3-5-7-11/h3-7,12-13H,2,8-10H2,1H3. The van der Waals surface area contributed by atoms with Gasteiger partial charge < -0.3 is 9.47 Å². The van der Waals surface area contributed by atoms with Crippen molar-refractivity contribution in [2.24, 2.45) is 0 Å². The lowest BCUT2D eigenvalue weighted by molar-refractivity contribution is -0.0905. The van der Waals surface area contributed by atoms with Gasteiger partial charge in [-0.3, -0.25) is 0 Å². The second kappa shape index (κ2) is 5.76. The molecule has 1 fully saturated rings. The molecule has 4 heteroatoms. The van der Waals surface area contributed by atoms with E-state index in [4.69, 9.17) is 9.47 Å². The van der Waals surface area contributed by atoms with Crippen molar-refractivity contribution in [2.75, 3.05) is 6.61 Å². The Kier molecular flexibility index (Phi) is 4.30. The Hall–Kier alpha value is -1.00. The molecule has 0 aromatic heterocycles. The maximum absolute atomic E-state index is 13.5. The number of alkyl halides is 2. The van der Waals surface area contributed by atoms with Gasteiger partial charge in [0.1, 0.15) is 0 Å². The quantitative estimate of drug-likeness (QED) is 0.794. The molecule has 2 unspecified atom stereocenters. The molecule has 0 amide bonds. The molecule has 2 rings (SSSR count). The fourth-order valence-electron chi connectivity index (χ4n) is 2.14. The highest BCUT2D eigenvalue weighted by Crippen LogP contribution is 2.34. The van der Waals surface area contributed by atoms with Crippen molar-refractivity contribution in [1.82, 2.24) is 0 Å². The van der Waals surface area contributed by atoms with Gasteiger partial charge in [-0.15, -0.1) is 0 Å². The Morgan fingerprint density at radius 3 is 2.67 bits per heavy atom. The van der Waals surface area contributed by atoms with Crippen LogP contribution in [0.3, 0.4) is 0 Å². The summed E-state index contributed by atoms with van der Waals surface area (Å²) in [5, 5.41) is 0. The lowest BCUT2D eigenvalue weighted by atomic mass is 10.1. The zero-order chi connectivity index (χ0) is 13.0. The zero-order valence-electron chi connectivity index (χ0n) is 10.4. The van der Waals surface area contributed by atoms with Crippen molar-refractivity contribution < 1.29 is 18.3 Å². The van der Waals surface area contributed by atoms with Crippen molar-refractivity contribution in [3.8, 4) is 0 Å². The van der Waals surface area contributed by atoms with E-state index in [0.29, 0.717) is 6.42 Å². The molecule has 1 aliphatic heterocycles. The van der Waals surface area contributed by atoms with E-state index in [0.717, 1.165) is 5.56 Å². The van der Waals surface area contributed by atoms with Crippen LogP contribution >= 0.6 is 0 Å². The molecule has 0 spiro atoms. The number of benzene rings is 1. The van der Waals surface area contributed by atoms with Crippen molar-refractivity contribution >= 4 is 0 Å². The van der Waals surface area contributed by atoms with Crippen LogP contribution in [0, 0.1) is 0 Å². The van der Waals surface area contributed by atoms with Crippen LogP contribution in [0.25, 0.3) is 0 Å². The summed E-state index contributed by atoms with van der Waals surface area (Å²) in [7, 11) is 0. The first-order valence-corrected chi connectivity index (χ1v) is 6.30. The summed E-state index contributed by atoms with van der Waals surface area (Å²) in [6, 6.07) is 9.39. The van der Waals surface area contributed by atoms with Gasteiger partial charge in [-0.25, -0.2) is 8.78 Å². The van der Waals surface area contributed by atoms with Gasteiger partial charge in [0.05, 0.1) is 12.7 Å². The first kappa shape index (κ1) is 13.4. The second-order valence-electron chi connectivity index (χ2n) is 4.64. The fraction of sp³-hybridized carbons (Fsp3) is 0.571. The molecule has 0 bridgehead atoms. The third-order valence-corrected chi connectivity index (χ3v) is 2.96. The Balaban J connectivity index is 1.89. The normalized spacial score (nSPS) is 24.4. The van der Waals surface area contributed by atoms with Gasteiger partial charge in [-0.05, 0) is 0 Å². The average molecular weight is 256 g/mol. The minimum Gasteiger partial charge on any atom is -0.346 e. The van der Waals surface area contributed by atoms with Gasteiger partial charge in [0.2, 0.25) is 0 Å². The highest BCUT2D eigenvalue weighted by atomic mass is 19.3. The molecule has 1 saturated heterocycles. The Bertz CT molecular complexity index is 367. The van der Waals surface area contributed by atoms with E-state index in [1.54, 1.807) is 6.92 Å². The largest absolute Gasteiger partial charge is 0.346 e. The Morgan fingerprint density at radius 1 is 1.28 bits per heavy atom. The number of halogens is 2. The summed E-state index contributed by atoms with van der Waals surface area (Å²) in [5.41, 5.74) is 0.874. The lowest BCUT2D eigenvalue weighted by Crippen LogP contribution is -2.25. The van der Waals surface area contributed by atoms with E-state index in [1.165, 1.54) is 0 Å². The van der Waals surface area contributed by atoms with Crippen LogP contribution in [-0.4, -0.2) is 18.6 Å². The summed E-state index contributed by atoms with van der Waals surface area (Å²) < 4.78 is 37.9. The lowest BCUT2D eigenvalue weighted by Gasteiger charge is -2.18. The van der Waals surface area contributed by atoms with Crippen molar-refractivity contribution in [2.45, 2.75) is 44.5 Å². The predicted molar refractivity (Wildman–Crippen MR) is 64.5 cm³/mol. The van der Waals surface area contributed by atoms with E-state index in [1.807, 2.05) is 30.3 Å². The van der Waals surface area contributed by atoms with Crippen LogP contribution in [-0.2, 0) is 9.47 Å². The van der Waals surface area contributed by atoms with Crippen LogP contribution in [0.4, 0.5) is 8.78 Å². The Labute approximate surface area is 106 Å². The van der Waals surface area contributed by atoms with Crippen LogP contribution < -0.4 is 0 Å². The van der Waals surface area contributed by atoms with Gasteiger partial charge >= 0.3 is 0 Å². The molecule has 2 nitrogen and oxygen atoms in total. The van der Waals surface area contributed by atoms with Gasteiger partial charge in [0.25, 0.3) is 5.92 Å². The molecule has 1 aromatic carbocycles. The molecule has 0 N–H and O–H groups in total. The number of rotatable bonds is 5. The summed E-state index contributed by atoms with van der Waals surface area (Å²) in [4.78, 5) is 0. The number of hydrogen-bond donors (Lipinski definition) is 0. The van der Waals surface area contributed by atoms with E-state index < -0.39 is 18.3 Å². The molecule has 2 atom stereocenters. The monoisotopic (exact) mass is 256 g/mol. The first-order valence-electron chi connectivity index (χ1n) is 6.30. The first-order chi connectivity index (χ1) is 8.61. The molecule has 0 saturated carbocycles. The van der Waals surface area contributed by atoms with E-state index in [9.17, 15) is 8.78 Å². The zero-order valence-corrected chi connectivity index (χ0v) is 10.4. The molecule has 0 radical (unpaired) electrons. The highest BCUT2D eigenvalue weighted by Gasteiger charge is 2.37. The van der Waals surface area contributed by atoms with Gasteiger partial charge in [-0.1, -0.05) is 43.7 Å². The molecule has 1 heterocycles. The molecule has 0 aliphatic carbocycles. The maximum Gasteiger partial charge on any atom is 0.250 e. The molecule has 1 aliphatic rings. The molecule has 1 aromatic rings. The summed E-state index contributed by atoms with van der Waals surface area (Å²) in [5.74, 6) is -2.66. The van der Waals surface area contributed by atoms with Crippen molar-refractivity contribution in [3.05, 3.63) is 35.9 Å². The van der Waals surface area contributed by atoms with Crippen molar-refractivity contribution in [3.63, 3.8) is 0 Å². The van der Waals surface area contributed by atoms with Crippen LogP contribution in [0.15, 0.2) is 30.3 Å². The number of hydrogen-bond acceptors (Lipinski definition) is 2. The minimum atomic E-state index is -2.66. The van der Waals surface area contributed by atoms with E-state index in [2.05, 4.69) is 0 Å². The maximum atomic E-state index is 13.5. The van der Waals surface area contributed by atoms with Gasteiger partial charge in [-0.2, -0.15) is 0 Å². The third-order valence-electron chi connectivity index (χ3n) is 2.96. The Morgan fingerprint density at radius 2 is 2.00 bits per heavy atom. The summed E-state index contributed by atoms with van der Waals surface area (Å²) in [6.45, 7) is 1.99. The fourth-order valence-corrected chi connectivity index (χ4v) is 2.14. The highest BCUT2D eigenvalue weighted by molar-refractivity contribution is 5.16. The summed E-state index contributed by atoms with van der Waals surface area (Å²) in [6.07, 6.45) is -0.902. The summed E-state index contributed by atoms with van der Waals surface area (Å²) >= 11 is 0.